The zero-order valence-electron chi connectivity index (χ0n) is 23.4. The topological polar surface area (TPSA) is 172 Å². The number of halogens is 1. The summed E-state index contributed by atoms with van der Waals surface area (Å²) in [6.45, 7) is 1.97. The van der Waals surface area contributed by atoms with E-state index in [-0.39, 0.29) is 51.8 Å². The number of hydrogen-bond acceptors (Lipinski definition) is 10. The van der Waals surface area contributed by atoms with Crippen molar-refractivity contribution in [1.29, 1.82) is 0 Å². The number of carboxylic acids is 2. The van der Waals surface area contributed by atoms with E-state index in [9.17, 15) is 14.4 Å². The fraction of sp³-hybridized carbons (Fsp3) is 0.429. The van der Waals surface area contributed by atoms with Gasteiger partial charge in [-0.25, -0.2) is 4.98 Å². The molecular weight excluding hydrogens is 570 g/mol. The van der Waals surface area contributed by atoms with E-state index in [1.807, 2.05) is 36.4 Å². The summed E-state index contributed by atoms with van der Waals surface area (Å²) >= 11 is 6.19. The van der Waals surface area contributed by atoms with E-state index in [0.717, 1.165) is 33.2 Å². The van der Waals surface area contributed by atoms with Gasteiger partial charge in [-0.1, -0.05) is 11.6 Å². The molecule has 5 N–H and O–H groups in total. The number of anilines is 1. The van der Waals surface area contributed by atoms with Gasteiger partial charge in [0.15, 0.2) is 0 Å². The molecule has 0 unspecified atom stereocenters. The fourth-order valence-electron chi connectivity index (χ4n) is 4.14. The van der Waals surface area contributed by atoms with E-state index in [0.29, 0.717) is 31.4 Å². The summed E-state index contributed by atoms with van der Waals surface area (Å²) < 4.78 is 16.6. The number of amides is 1. The van der Waals surface area contributed by atoms with Crippen LogP contribution in [0, 0.1) is 0 Å². The molecule has 0 fully saturated rings. The minimum atomic E-state index is -1.08. The number of carboxylic acid groups (broad SMARTS) is 2. The minimum Gasteiger partial charge on any atom is -0.497 e. The van der Waals surface area contributed by atoms with Crippen LogP contribution >= 0.6 is 11.6 Å². The molecule has 0 saturated heterocycles. The third kappa shape index (κ3) is 10.9. The third-order valence-electron chi connectivity index (χ3n) is 6.04. The first-order chi connectivity index (χ1) is 20.3. The van der Waals surface area contributed by atoms with Gasteiger partial charge in [0, 0.05) is 42.0 Å². The fourth-order valence-corrected chi connectivity index (χ4v) is 4.31. The predicted octanol–water partition coefficient (Wildman–Crippen LogP) is 1.67. The lowest BCUT2D eigenvalue weighted by molar-refractivity contribution is -0.139. The summed E-state index contributed by atoms with van der Waals surface area (Å²) in [5.74, 6) is -1.71. The first-order valence-electron chi connectivity index (χ1n) is 13.4. The van der Waals surface area contributed by atoms with Gasteiger partial charge in [0.1, 0.15) is 5.75 Å². The molecule has 0 spiro atoms. The molecule has 3 rings (SSSR count). The SMILES string of the molecule is COc1ccc2nc3cc(Cl)ccc3c(NCCOCCOCCNC(=O)CN(CCNCC(=O)O)CC(=O)O)c2c1. The van der Waals surface area contributed by atoms with Crippen molar-refractivity contribution >= 4 is 56.9 Å². The molecule has 0 aliphatic carbocycles. The molecule has 1 amide bonds. The van der Waals surface area contributed by atoms with Crippen LogP contribution in [0.25, 0.3) is 21.8 Å². The minimum absolute atomic E-state index is 0.126. The van der Waals surface area contributed by atoms with E-state index in [1.165, 1.54) is 4.90 Å². The van der Waals surface area contributed by atoms with E-state index < -0.39 is 11.9 Å². The molecule has 42 heavy (non-hydrogen) atoms. The van der Waals surface area contributed by atoms with Crippen molar-refractivity contribution in [1.82, 2.24) is 20.5 Å². The molecular formula is C28H36ClN5O8. The summed E-state index contributed by atoms with van der Waals surface area (Å²) in [6.07, 6.45) is 0. The van der Waals surface area contributed by atoms with Gasteiger partial charge >= 0.3 is 11.9 Å². The van der Waals surface area contributed by atoms with E-state index in [1.54, 1.807) is 7.11 Å². The highest BCUT2D eigenvalue weighted by Crippen LogP contribution is 2.34. The standard InChI is InChI=1S/C28H36ClN5O8/c1-40-20-3-5-23-22(15-20)28(21-4-2-19(29)14-24(21)33-23)32-8-11-42-13-12-41-10-7-31-25(35)17-34(18-27(38)39)9-6-30-16-26(36)37/h2-5,14-15,30H,6-13,16-18H2,1H3,(H,31,35)(H,32,33)(H,36,37)(H,38,39). The van der Waals surface area contributed by atoms with Crippen LogP contribution in [0.15, 0.2) is 36.4 Å². The van der Waals surface area contributed by atoms with Crippen molar-refractivity contribution in [2.24, 2.45) is 0 Å². The summed E-state index contributed by atoms with van der Waals surface area (Å²) in [7, 11) is 1.62. The number of hydrogen-bond donors (Lipinski definition) is 5. The average molecular weight is 606 g/mol. The molecule has 228 valence electrons. The van der Waals surface area contributed by atoms with Gasteiger partial charge in [0.25, 0.3) is 0 Å². The highest BCUT2D eigenvalue weighted by Gasteiger charge is 2.14. The molecule has 1 aromatic heterocycles. The first-order valence-corrected chi connectivity index (χ1v) is 13.7. The Balaban J connectivity index is 1.34. The Morgan fingerprint density at radius 2 is 1.64 bits per heavy atom. The van der Waals surface area contributed by atoms with Crippen molar-refractivity contribution in [3.8, 4) is 5.75 Å². The number of aliphatic carboxylic acids is 2. The number of aromatic nitrogens is 1. The molecule has 1 heterocycles. The smallest absolute Gasteiger partial charge is 0.317 e. The van der Waals surface area contributed by atoms with Crippen LogP contribution in [0.3, 0.4) is 0 Å². The molecule has 3 aromatic rings. The number of benzene rings is 2. The number of methoxy groups -OCH3 is 1. The van der Waals surface area contributed by atoms with Gasteiger partial charge in [-0.3, -0.25) is 19.3 Å². The Morgan fingerprint density at radius 1 is 0.881 bits per heavy atom. The Bertz CT molecular complexity index is 1360. The summed E-state index contributed by atoms with van der Waals surface area (Å²) in [5.41, 5.74) is 2.52. The number of rotatable bonds is 20. The molecule has 0 atom stereocenters. The van der Waals surface area contributed by atoms with Crippen LogP contribution in [0.1, 0.15) is 0 Å². The lowest BCUT2D eigenvalue weighted by Gasteiger charge is -2.19. The Kier molecular flexibility index (Phi) is 13.5. The van der Waals surface area contributed by atoms with Crippen LogP contribution < -0.4 is 20.7 Å². The van der Waals surface area contributed by atoms with E-state index >= 15 is 0 Å². The van der Waals surface area contributed by atoms with Gasteiger partial charge in [0.05, 0.1) is 69.9 Å². The molecule has 13 nitrogen and oxygen atoms in total. The Morgan fingerprint density at radius 3 is 2.36 bits per heavy atom. The zero-order valence-corrected chi connectivity index (χ0v) is 24.1. The molecule has 2 aromatic carbocycles. The van der Waals surface area contributed by atoms with Gasteiger partial charge in [0.2, 0.25) is 5.91 Å². The van der Waals surface area contributed by atoms with Crippen LogP contribution in [-0.4, -0.2) is 117 Å². The van der Waals surface area contributed by atoms with Crippen molar-refractivity contribution in [2.75, 3.05) is 84.7 Å². The maximum atomic E-state index is 12.2. The highest BCUT2D eigenvalue weighted by atomic mass is 35.5. The lowest BCUT2D eigenvalue weighted by Crippen LogP contribution is -2.43. The van der Waals surface area contributed by atoms with Crippen LogP contribution in [-0.2, 0) is 23.9 Å². The number of nitrogens with one attached hydrogen (secondary N) is 3. The second kappa shape index (κ2) is 17.3. The van der Waals surface area contributed by atoms with Crippen LogP contribution in [0.5, 0.6) is 5.75 Å². The van der Waals surface area contributed by atoms with Crippen molar-refractivity contribution in [3.05, 3.63) is 41.4 Å². The summed E-state index contributed by atoms with van der Waals surface area (Å²) in [6, 6.07) is 11.3. The monoisotopic (exact) mass is 605 g/mol. The Labute approximate surface area is 248 Å². The largest absolute Gasteiger partial charge is 0.497 e. The van der Waals surface area contributed by atoms with Crippen LogP contribution in [0.2, 0.25) is 5.02 Å². The molecule has 0 radical (unpaired) electrons. The number of ether oxygens (including phenoxy) is 3. The Hall–Kier alpha value is -3.75. The number of carbonyl (C=O) groups excluding carboxylic acids is 1. The van der Waals surface area contributed by atoms with Gasteiger partial charge in [-0.15, -0.1) is 0 Å². The van der Waals surface area contributed by atoms with Gasteiger partial charge < -0.3 is 40.4 Å². The molecule has 0 aliphatic rings. The maximum absolute atomic E-state index is 12.2. The molecule has 0 bridgehead atoms. The zero-order chi connectivity index (χ0) is 30.3. The van der Waals surface area contributed by atoms with E-state index in [4.69, 9.17) is 41.0 Å². The maximum Gasteiger partial charge on any atom is 0.317 e. The quantitative estimate of drug-likeness (QED) is 0.0933. The number of fused-ring (bicyclic) bond motifs is 2. The second-order valence-corrected chi connectivity index (χ2v) is 9.64. The summed E-state index contributed by atoms with van der Waals surface area (Å²) in [5, 5.41) is 28.9. The number of carbonyl (C=O) groups is 3. The molecule has 14 heteroatoms. The molecule has 0 aliphatic heterocycles. The van der Waals surface area contributed by atoms with E-state index in [2.05, 4.69) is 16.0 Å². The lowest BCUT2D eigenvalue weighted by atomic mass is 10.1. The van der Waals surface area contributed by atoms with Crippen molar-refractivity contribution in [2.45, 2.75) is 0 Å². The van der Waals surface area contributed by atoms with Crippen LogP contribution in [0.4, 0.5) is 5.69 Å². The predicted molar refractivity (Wildman–Crippen MR) is 159 cm³/mol. The molecule has 0 saturated carbocycles. The number of pyridine rings is 1. The summed E-state index contributed by atoms with van der Waals surface area (Å²) in [4.78, 5) is 39.9. The van der Waals surface area contributed by atoms with Gasteiger partial charge in [-0.05, 0) is 36.4 Å². The van der Waals surface area contributed by atoms with Crippen molar-refractivity contribution in [3.63, 3.8) is 0 Å². The third-order valence-corrected chi connectivity index (χ3v) is 6.27. The van der Waals surface area contributed by atoms with Crippen molar-refractivity contribution < 1.29 is 38.8 Å². The highest BCUT2D eigenvalue weighted by molar-refractivity contribution is 6.31. The normalized spacial score (nSPS) is 11.2. The first kappa shape index (κ1) is 32.8. The number of nitrogens with zero attached hydrogens (tertiary/aromatic N) is 2. The second-order valence-electron chi connectivity index (χ2n) is 9.21. The van der Waals surface area contributed by atoms with Gasteiger partial charge in [-0.2, -0.15) is 0 Å². The average Bonchev–Trinajstić information content (AvgIpc) is 2.94.